The molecule has 1 aromatic carbocycles. The molecule has 5 heteroatoms. The number of aromatic nitrogens is 2. The number of phenols is 1. The van der Waals surface area contributed by atoms with E-state index in [2.05, 4.69) is 4.98 Å². The number of nitrogens with zero attached hydrogens (tertiary/aromatic N) is 2. The van der Waals surface area contributed by atoms with Crippen LogP contribution in [0.5, 0.6) is 11.5 Å². The molecule has 0 saturated carbocycles. The third kappa shape index (κ3) is 2.68. The van der Waals surface area contributed by atoms with Gasteiger partial charge in [-0.15, -0.1) is 0 Å². The van der Waals surface area contributed by atoms with Crippen molar-refractivity contribution < 1.29 is 14.6 Å². The van der Waals surface area contributed by atoms with Crippen LogP contribution < -0.4 is 4.74 Å². The van der Waals surface area contributed by atoms with E-state index < -0.39 is 0 Å². The Labute approximate surface area is 105 Å². The van der Waals surface area contributed by atoms with Crippen LogP contribution in [0.1, 0.15) is 16.8 Å². The maximum absolute atomic E-state index is 11.7. The molecule has 0 saturated heterocycles. The van der Waals surface area contributed by atoms with E-state index in [0.29, 0.717) is 18.6 Å². The summed E-state index contributed by atoms with van der Waals surface area (Å²) >= 11 is 0. The molecule has 1 heterocycles. The molecule has 0 fully saturated rings. The number of hydrogen-bond acceptors (Lipinski definition) is 4. The summed E-state index contributed by atoms with van der Waals surface area (Å²) in [6.45, 7) is 0. The smallest absolute Gasteiger partial charge is 0.232 e. The summed E-state index contributed by atoms with van der Waals surface area (Å²) in [5.41, 5.74) is 0.891. The highest BCUT2D eigenvalue weighted by molar-refractivity contribution is 5.78. The van der Waals surface area contributed by atoms with Crippen molar-refractivity contribution in [3.63, 3.8) is 0 Å². The second-order valence-electron chi connectivity index (χ2n) is 3.87. The number of benzene rings is 1. The lowest BCUT2D eigenvalue weighted by Gasteiger charge is -2.06. The number of carbonyl (C=O) groups is 1. The van der Waals surface area contributed by atoms with Gasteiger partial charge < -0.3 is 9.84 Å². The normalized spacial score (nSPS) is 10.3. The zero-order chi connectivity index (χ0) is 13.0. The number of imidazole rings is 1. The van der Waals surface area contributed by atoms with Crippen molar-refractivity contribution >= 4 is 5.91 Å². The minimum atomic E-state index is -0.0252. The number of aromatic hydroxyl groups is 1. The number of rotatable bonds is 4. The van der Waals surface area contributed by atoms with Crippen molar-refractivity contribution in [3.05, 3.63) is 42.5 Å². The van der Waals surface area contributed by atoms with Gasteiger partial charge in [0.25, 0.3) is 0 Å². The molecule has 2 aromatic rings. The largest absolute Gasteiger partial charge is 0.504 e. The molecule has 0 unspecified atom stereocenters. The SMILES string of the molecule is COc1ccc(CCC(=O)n2ccnc2)cc1O. The van der Waals surface area contributed by atoms with Gasteiger partial charge in [0.1, 0.15) is 6.33 Å². The number of methoxy groups -OCH3 is 1. The first-order valence-electron chi connectivity index (χ1n) is 5.57. The Morgan fingerprint density at radius 3 is 2.94 bits per heavy atom. The number of aryl methyl sites for hydroxylation is 1. The third-order valence-electron chi connectivity index (χ3n) is 2.66. The van der Waals surface area contributed by atoms with Crippen molar-refractivity contribution in [3.8, 4) is 11.5 Å². The molecule has 1 N–H and O–H groups in total. The van der Waals surface area contributed by atoms with Crippen LogP contribution in [0.2, 0.25) is 0 Å². The summed E-state index contributed by atoms with van der Waals surface area (Å²) in [5, 5.41) is 9.62. The molecular formula is C13H14N2O3. The van der Waals surface area contributed by atoms with Crippen LogP contribution in [0.15, 0.2) is 36.9 Å². The summed E-state index contributed by atoms with van der Waals surface area (Å²) in [6, 6.07) is 5.13. The van der Waals surface area contributed by atoms with Crippen molar-refractivity contribution in [2.75, 3.05) is 7.11 Å². The quantitative estimate of drug-likeness (QED) is 0.894. The van der Waals surface area contributed by atoms with Gasteiger partial charge in [-0.2, -0.15) is 0 Å². The van der Waals surface area contributed by atoms with Gasteiger partial charge >= 0.3 is 0 Å². The average Bonchev–Trinajstić information content (AvgIpc) is 2.90. The molecule has 2 rings (SSSR count). The van der Waals surface area contributed by atoms with Gasteiger partial charge in [0, 0.05) is 18.8 Å². The van der Waals surface area contributed by atoms with Crippen LogP contribution in [0.3, 0.4) is 0 Å². The number of ether oxygens (including phenoxy) is 1. The Morgan fingerprint density at radius 2 is 2.33 bits per heavy atom. The Bertz CT molecular complexity index is 535. The highest BCUT2D eigenvalue weighted by atomic mass is 16.5. The van der Waals surface area contributed by atoms with Crippen molar-refractivity contribution in [1.82, 2.24) is 9.55 Å². The molecule has 0 radical (unpaired) electrons. The second kappa shape index (κ2) is 5.35. The van der Waals surface area contributed by atoms with E-state index in [-0.39, 0.29) is 11.7 Å². The lowest BCUT2D eigenvalue weighted by Crippen LogP contribution is -2.09. The van der Waals surface area contributed by atoms with Gasteiger partial charge in [-0.25, -0.2) is 4.98 Å². The fourth-order valence-corrected chi connectivity index (χ4v) is 1.68. The monoisotopic (exact) mass is 246 g/mol. The molecule has 0 aliphatic heterocycles. The first-order chi connectivity index (χ1) is 8.70. The number of phenolic OH excluding ortho intramolecular Hbond substituents is 1. The first-order valence-corrected chi connectivity index (χ1v) is 5.57. The summed E-state index contributed by atoms with van der Waals surface area (Å²) in [4.78, 5) is 15.5. The topological polar surface area (TPSA) is 64.4 Å². The van der Waals surface area contributed by atoms with E-state index in [9.17, 15) is 9.90 Å². The highest BCUT2D eigenvalue weighted by Gasteiger charge is 2.06. The number of carbonyl (C=O) groups excluding carboxylic acids is 1. The van der Waals surface area contributed by atoms with Gasteiger partial charge in [-0.1, -0.05) is 6.07 Å². The molecule has 1 aromatic heterocycles. The van der Waals surface area contributed by atoms with Gasteiger partial charge in [0.05, 0.1) is 7.11 Å². The zero-order valence-corrected chi connectivity index (χ0v) is 10.0. The summed E-state index contributed by atoms with van der Waals surface area (Å²) in [6.07, 6.45) is 5.59. The highest BCUT2D eigenvalue weighted by Crippen LogP contribution is 2.26. The molecule has 5 nitrogen and oxygen atoms in total. The van der Waals surface area contributed by atoms with E-state index in [1.165, 1.54) is 18.0 Å². The maximum Gasteiger partial charge on any atom is 0.232 e. The van der Waals surface area contributed by atoms with Crippen molar-refractivity contribution in [1.29, 1.82) is 0 Å². The lowest BCUT2D eigenvalue weighted by molar-refractivity contribution is 0.0903. The first kappa shape index (κ1) is 12.2. The van der Waals surface area contributed by atoms with Gasteiger partial charge in [-0.05, 0) is 24.1 Å². The van der Waals surface area contributed by atoms with E-state index in [1.54, 1.807) is 24.5 Å². The van der Waals surface area contributed by atoms with E-state index in [0.717, 1.165) is 5.56 Å². The molecule has 0 atom stereocenters. The van der Waals surface area contributed by atoms with Crippen LogP contribution in [-0.2, 0) is 6.42 Å². The van der Waals surface area contributed by atoms with Gasteiger partial charge in [0.2, 0.25) is 5.91 Å². The van der Waals surface area contributed by atoms with E-state index in [4.69, 9.17) is 4.74 Å². The molecule has 0 spiro atoms. The third-order valence-corrected chi connectivity index (χ3v) is 2.66. The summed E-state index contributed by atoms with van der Waals surface area (Å²) in [7, 11) is 1.50. The molecule has 0 amide bonds. The van der Waals surface area contributed by atoms with Crippen LogP contribution >= 0.6 is 0 Å². The lowest BCUT2D eigenvalue weighted by atomic mass is 10.1. The van der Waals surface area contributed by atoms with Crippen LogP contribution in [0, 0.1) is 0 Å². The van der Waals surface area contributed by atoms with Crippen LogP contribution in [0.4, 0.5) is 0 Å². The molecule has 18 heavy (non-hydrogen) atoms. The van der Waals surface area contributed by atoms with E-state index >= 15 is 0 Å². The fourth-order valence-electron chi connectivity index (χ4n) is 1.68. The van der Waals surface area contributed by atoms with Crippen LogP contribution in [0.25, 0.3) is 0 Å². The Balaban J connectivity index is 1.98. The fraction of sp³-hybridized carbons (Fsp3) is 0.231. The van der Waals surface area contributed by atoms with Gasteiger partial charge in [-0.3, -0.25) is 9.36 Å². The second-order valence-corrected chi connectivity index (χ2v) is 3.87. The zero-order valence-electron chi connectivity index (χ0n) is 10.0. The van der Waals surface area contributed by atoms with E-state index in [1.807, 2.05) is 6.07 Å². The standard InChI is InChI=1S/C13H14N2O3/c1-18-12-4-2-10(8-11(12)16)3-5-13(17)15-7-6-14-9-15/h2,4,6-9,16H,3,5H2,1H3. The predicted octanol–water partition coefficient (Wildman–Crippen LogP) is 1.87. The van der Waals surface area contributed by atoms with Gasteiger partial charge in [0.15, 0.2) is 11.5 Å². The van der Waals surface area contributed by atoms with Crippen molar-refractivity contribution in [2.24, 2.45) is 0 Å². The minimum Gasteiger partial charge on any atom is -0.504 e. The Morgan fingerprint density at radius 1 is 1.50 bits per heavy atom. The number of hydrogen-bond donors (Lipinski definition) is 1. The maximum atomic E-state index is 11.7. The molecule has 94 valence electrons. The summed E-state index contributed by atoms with van der Waals surface area (Å²) in [5.74, 6) is 0.493. The molecule has 0 bridgehead atoms. The Kier molecular flexibility index (Phi) is 3.62. The van der Waals surface area contributed by atoms with Crippen molar-refractivity contribution in [2.45, 2.75) is 12.8 Å². The molecule has 0 aliphatic carbocycles. The minimum absolute atomic E-state index is 0.0252. The molecular weight excluding hydrogens is 232 g/mol. The molecule has 0 aliphatic rings. The summed E-state index contributed by atoms with van der Waals surface area (Å²) < 4.78 is 6.40. The Hall–Kier alpha value is -2.30. The average molecular weight is 246 g/mol. The predicted molar refractivity (Wildman–Crippen MR) is 65.8 cm³/mol. The van der Waals surface area contributed by atoms with Crippen LogP contribution in [-0.4, -0.2) is 27.7 Å².